The van der Waals surface area contributed by atoms with Gasteiger partial charge in [0, 0.05) is 6.61 Å². The molecule has 0 radical (unpaired) electrons. The Kier molecular flexibility index (Phi) is 3.95. The molecule has 0 fully saturated rings. The zero-order chi connectivity index (χ0) is 9.68. The minimum atomic E-state index is -0.188. The van der Waals surface area contributed by atoms with Crippen molar-refractivity contribution in [1.82, 2.24) is 0 Å². The van der Waals surface area contributed by atoms with Crippen molar-refractivity contribution in [1.29, 1.82) is 0 Å². The number of aliphatic hydroxyl groups excluding tert-OH is 2. The molecule has 13 heavy (non-hydrogen) atoms. The fourth-order valence-electron chi connectivity index (χ4n) is 1.13. The molecule has 0 aliphatic carbocycles. The molecule has 4 N–H and O–H groups in total. The number of hydrogen-bond donors (Lipinski definition) is 3. The molecule has 0 saturated carbocycles. The Morgan fingerprint density at radius 3 is 2.69 bits per heavy atom. The van der Waals surface area contributed by atoms with Crippen LogP contribution in [0.2, 0.25) is 0 Å². The number of aliphatic hydroxyl groups is 2. The molecule has 0 amide bonds. The molecule has 0 aliphatic heterocycles. The van der Waals surface area contributed by atoms with E-state index in [9.17, 15) is 0 Å². The highest BCUT2D eigenvalue weighted by molar-refractivity contribution is 5.09. The molecule has 0 aromatic carbocycles. The smallest absolute Gasteiger partial charge is 0.129 e. The maximum absolute atomic E-state index is 8.73. The summed E-state index contributed by atoms with van der Waals surface area (Å²) in [4.78, 5) is 0. The van der Waals surface area contributed by atoms with E-state index in [1.54, 1.807) is 12.1 Å². The Hall–Kier alpha value is -0.840. The minimum Gasteiger partial charge on any atom is -0.462 e. The van der Waals surface area contributed by atoms with Crippen LogP contribution in [-0.2, 0) is 6.61 Å². The van der Waals surface area contributed by atoms with Gasteiger partial charge in [0.1, 0.15) is 18.1 Å². The predicted octanol–water partition coefficient (Wildman–Crippen LogP) is 0.544. The molecule has 1 aromatic rings. The van der Waals surface area contributed by atoms with Gasteiger partial charge < -0.3 is 20.4 Å². The Bertz CT molecular complexity index is 247. The Morgan fingerprint density at radius 2 is 2.15 bits per heavy atom. The highest BCUT2D eigenvalue weighted by Gasteiger charge is 2.09. The van der Waals surface area contributed by atoms with Gasteiger partial charge in [-0.15, -0.1) is 0 Å². The molecule has 74 valence electrons. The zero-order valence-corrected chi connectivity index (χ0v) is 7.44. The summed E-state index contributed by atoms with van der Waals surface area (Å²) in [6, 6.07) is 3.27. The lowest BCUT2D eigenvalue weighted by Crippen LogP contribution is -2.09. The minimum absolute atomic E-state index is 0.104. The topological polar surface area (TPSA) is 79.6 Å². The van der Waals surface area contributed by atoms with Crippen LogP contribution in [0.3, 0.4) is 0 Å². The van der Waals surface area contributed by atoms with Gasteiger partial charge in [-0.2, -0.15) is 0 Å². The molecule has 4 nitrogen and oxygen atoms in total. The summed E-state index contributed by atoms with van der Waals surface area (Å²) >= 11 is 0. The second-order valence-electron chi connectivity index (χ2n) is 2.93. The first-order valence-electron chi connectivity index (χ1n) is 4.34. The molecular weight excluding hydrogens is 170 g/mol. The summed E-state index contributed by atoms with van der Waals surface area (Å²) in [6.07, 6.45) is 1.35. The number of furan rings is 1. The summed E-state index contributed by atoms with van der Waals surface area (Å²) in [5.41, 5.74) is 5.76. The molecular formula is C9H15NO3. The van der Waals surface area contributed by atoms with E-state index in [0.29, 0.717) is 24.4 Å². The van der Waals surface area contributed by atoms with E-state index in [1.807, 2.05) is 0 Å². The van der Waals surface area contributed by atoms with Gasteiger partial charge in [0.15, 0.2) is 0 Å². The maximum Gasteiger partial charge on any atom is 0.129 e. The Balaban J connectivity index is 2.50. The molecule has 1 rings (SSSR count). The van der Waals surface area contributed by atoms with E-state index in [2.05, 4.69) is 0 Å². The van der Waals surface area contributed by atoms with Gasteiger partial charge in [-0.3, -0.25) is 0 Å². The average Bonchev–Trinajstić information content (AvgIpc) is 2.62. The quantitative estimate of drug-likeness (QED) is 0.625. The van der Waals surface area contributed by atoms with E-state index in [4.69, 9.17) is 20.4 Å². The predicted molar refractivity (Wildman–Crippen MR) is 47.9 cm³/mol. The van der Waals surface area contributed by atoms with Gasteiger partial charge in [0.05, 0.1) is 6.04 Å². The number of nitrogens with two attached hydrogens (primary N) is 1. The van der Waals surface area contributed by atoms with Crippen LogP contribution in [0.1, 0.15) is 30.4 Å². The molecule has 0 unspecified atom stereocenters. The molecule has 4 heteroatoms. The Labute approximate surface area is 77.0 Å². The van der Waals surface area contributed by atoms with Crippen LogP contribution in [0.5, 0.6) is 0 Å². The van der Waals surface area contributed by atoms with E-state index in [-0.39, 0.29) is 19.3 Å². The lowest BCUT2D eigenvalue weighted by molar-refractivity contribution is 0.238. The fraction of sp³-hybridized carbons (Fsp3) is 0.556. The largest absolute Gasteiger partial charge is 0.462 e. The van der Waals surface area contributed by atoms with Crippen molar-refractivity contribution in [3.63, 3.8) is 0 Å². The van der Waals surface area contributed by atoms with Gasteiger partial charge in [-0.05, 0) is 25.0 Å². The normalized spacial score (nSPS) is 13.2. The van der Waals surface area contributed by atoms with Crippen LogP contribution in [0.4, 0.5) is 0 Å². The molecule has 1 aromatic heterocycles. The third-order valence-corrected chi connectivity index (χ3v) is 1.88. The van der Waals surface area contributed by atoms with Crippen molar-refractivity contribution in [3.8, 4) is 0 Å². The van der Waals surface area contributed by atoms with E-state index >= 15 is 0 Å². The highest BCUT2D eigenvalue weighted by atomic mass is 16.4. The van der Waals surface area contributed by atoms with Crippen LogP contribution in [-0.4, -0.2) is 16.8 Å². The van der Waals surface area contributed by atoms with Crippen LogP contribution in [0, 0.1) is 0 Å². The SMILES string of the molecule is N[C@@H](CCCO)c1ccc(CO)o1. The molecule has 0 bridgehead atoms. The summed E-state index contributed by atoms with van der Waals surface area (Å²) in [7, 11) is 0. The summed E-state index contributed by atoms with van der Waals surface area (Å²) in [5, 5.41) is 17.3. The lowest BCUT2D eigenvalue weighted by atomic mass is 10.1. The second-order valence-corrected chi connectivity index (χ2v) is 2.93. The highest BCUT2D eigenvalue weighted by Crippen LogP contribution is 2.18. The van der Waals surface area contributed by atoms with Gasteiger partial charge in [-0.25, -0.2) is 0 Å². The van der Waals surface area contributed by atoms with Crippen LogP contribution in [0.25, 0.3) is 0 Å². The Morgan fingerprint density at radius 1 is 1.38 bits per heavy atom. The summed E-state index contributed by atoms with van der Waals surface area (Å²) in [5.74, 6) is 1.19. The van der Waals surface area contributed by atoms with Crippen LogP contribution < -0.4 is 5.73 Å². The van der Waals surface area contributed by atoms with E-state index < -0.39 is 0 Å². The zero-order valence-electron chi connectivity index (χ0n) is 7.44. The van der Waals surface area contributed by atoms with Crippen molar-refractivity contribution in [2.45, 2.75) is 25.5 Å². The third-order valence-electron chi connectivity index (χ3n) is 1.88. The third kappa shape index (κ3) is 2.84. The van der Waals surface area contributed by atoms with Crippen molar-refractivity contribution in [2.24, 2.45) is 5.73 Å². The van der Waals surface area contributed by atoms with Crippen LogP contribution in [0.15, 0.2) is 16.5 Å². The van der Waals surface area contributed by atoms with Gasteiger partial charge in [-0.1, -0.05) is 0 Å². The molecule has 1 atom stereocenters. The fourth-order valence-corrected chi connectivity index (χ4v) is 1.13. The molecule has 0 aliphatic rings. The van der Waals surface area contributed by atoms with Crippen molar-refractivity contribution < 1.29 is 14.6 Å². The molecule has 1 heterocycles. The van der Waals surface area contributed by atoms with E-state index in [0.717, 1.165) is 0 Å². The number of hydrogen-bond acceptors (Lipinski definition) is 4. The van der Waals surface area contributed by atoms with Crippen molar-refractivity contribution in [2.75, 3.05) is 6.61 Å². The van der Waals surface area contributed by atoms with Crippen molar-refractivity contribution in [3.05, 3.63) is 23.7 Å². The first-order chi connectivity index (χ1) is 6.27. The van der Waals surface area contributed by atoms with Crippen molar-refractivity contribution >= 4 is 0 Å². The number of rotatable bonds is 5. The molecule has 0 spiro atoms. The second kappa shape index (κ2) is 5.01. The molecule has 0 saturated heterocycles. The first kappa shape index (κ1) is 10.2. The first-order valence-corrected chi connectivity index (χ1v) is 4.34. The standard InChI is InChI=1S/C9H15NO3/c10-8(2-1-5-11)9-4-3-7(6-12)13-9/h3-4,8,11-12H,1-2,5-6,10H2/t8-/m0/s1. The van der Waals surface area contributed by atoms with Gasteiger partial charge in [0.25, 0.3) is 0 Å². The summed E-state index contributed by atoms with van der Waals surface area (Å²) < 4.78 is 5.23. The van der Waals surface area contributed by atoms with Crippen LogP contribution >= 0.6 is 0 Å². The summed E-state index contributed by atoms with van der Waals surface area (Å²) in [6.45, 7) is 0.0357. The van der Waals surface area contributed by atoms with Gasteiger partial charge >= 0.3 is 0 Å². The monoisotopic (exact) mass is 185 g/mol. The average molecular weight is 185 g/mol. The van der Waals surface area contributed by atoms with E-state index in [1.165, 1.54) is 0 Å². The maximum atomic E-state index is 8.73. The lowest BCUT2D eigenvalue weighted by Gasteiger charge is -2.06. The van der Waals surface area contributed by atoms with Gasteiger partial charge in [0.2, 0.25) is 0 Å².